The van der Waals surface area contributed by atoms with Gasteiger partial charge >= 0.3 is 0 Å². The summed E-state index contributed by atoms with van der Waals surface area (Å²) >= 11 is 1.34. The van der Waals surface area contributed by atoms with E-state index in [1.165, 1.54) is 25.2 Å². The molecule has 1 heterocycles. The third kappa shape index (κ3) is 5.73. The lowest BCUT2D eigenvalue weighted by molar-refractivity contribution is -0.119. The predicted molar refractivity (Wildman–Crippen MR) is 114 cm³/mol. The number of nitrogens with one attached hydrogen (secondary N) is 3. The Balaban J connectivity index is 1.62. The van der Waals surface area contributed by atoms with Crippen LogP contribution in [0.2, 0.25) is 0 Å². The summed E-state index contributed by atoms with van der Waals surface area (Å²) in [6.45, 7) is 3.34. The molecule has 0 aliphatic rings. The summed E-state index contributed by atoms with van der Waals surface area (Å²) in [6, 6.07) is 14.3. The maximum atomic E-state index is 12.4. The van der Waals surface area contributed by atoms with E-state index in [9.17, 15) is 14.4 Å². The molecule has 0 atom stereocenters. The first-order valence-electron chi connectivity index (χ1n) is 8.89. The second-order valence-corrected chi connectivity index (χ2v) is 7.22. The highest BCUT2D eigenvalue weighted by atomic mass is 32.1. The van der Waals surface area contributed by atoms with Gasteiger partial charge in [0.15, 0.2) is 5.13 Å². The van der Waals surface area contributed by atoms with Crippen molar-refractivity contribution in [2.75, 3.05) is 10.6 Å². The van der Waals surface area contributed by atoms with Crippen molar-refractivity contribution in [1.82, 2.24) is 10.3 Å². The van der Waals surface area contributed by atoms with Crippen molar-refractivity contribution < 1.29 is 14.4 Å². The number of rotatable bonds is 6. The molecule has 0 saturated heterocycles. The number of carbonyl (C=O) groups is 3. The summed E-state index contributed by atoms with van der Waals surface area (Å²) in [5.41, 5.74) is 3.76. The molecule has 0 aliphatic carbocycles. The summed E-state index contributed by atoms with van der Waals surface area (Å²) in [4.78, 5) is 38.9. The SMILES string of the molecule is CC(=O)NCc1ccc(C(=O)Nc2nc(-c3ccc(NC(C)=O)cc3)cs2)cc1. The molecule has 29 heavy (non-hydrogen) atoms. The highest BCUT2D eigenvalue weighted by Gasteiger charge is 2.10. The van der Waals surface area contributed by atoms with Crippen molar-refractivity contribution in [2.24, 2.45) is 0 Å². The summed E-state index contributed by atoms with van der Waals surface area (Å²) in [5.74, 6) is -0.478. The number of anilines is 2. The van der Waals surface area contributed by atoms with Crippen molar-refractivity contribution in [1.29, 1.82) is 0 Å². The fourth-order valence-electron chi connectivity index (χ4n) is 2.56. The average Bonchev–Trinajstić information content (AvgIpc) is 3.15. The van der Waals surface area contributed by atoms with E-state index in [1.807, 2.05) is 17.5 Å². The lowest BCUT2D eigenvalue weighted by Gasteiger charge is -2.05. The van der Waals surface area contributed by atoms with E-state index in [1.54, 1.807) is 36.4 Å². The monoisotopic (exact) mass is 408 g/mol. The van der Waals surface area contributed by atoms with E-state index in [0.29, 0.717) is 22.9 Å². The molecule has 3 aromatic rings. The van der Waals surface area contributed by atoms with E-state index in [0.717, 1.165) is 16.8 Å². The van der Waals surface area contributed by atoms with Gasteiger partial charge in [0.2, 0.25) is 11.8 Å². The van der Waals surface area contributed by atoms with Crippen LogP contribution in [-0.4, -0.2) is 22.7 Å². The van der Waals surface area contributed by atoms with Crippen LogP contribution in [0.1, 0.15) is 29.8 Å². The normalized spacial score (nSPS) is 10.3. The minimum absolute atomic E-state index is 0.101. The average molecular weight is 408 g/mol. The fraction of sp³-hybridized carbons (Fsp3) is 0.143. The van der Waals surface area contributed by atoms with E-state index < -0.39 is 0 Å². The van der Waals surface area contributed by atoms with Gasteiger partial charge < -0.3 is 10.6 Å². The van der Waals surface area contributed by atoms with Gasteiger partial charge in [-0.05, 0) is 29.8 Å². The van der Waals surface area contributed by atoms with Gasteiger partial charge in [0.05, 0.1) is 5.69 Å². The van der Waals surface area contributed by atoms with Crippen molar-refractivity contribution in [3.05, 3.63) is 65.0 Å². The van der Waals surface area contributed by atoms with Crippen LogP contribution >= 0.6 is 11.3 Å². The smallest absolute Gasteiger partial charge is 0.257 e. The first-order chi connectivity index (χ1) is 13.9. The summed E-state index contributed by atoms with van der Waals surface area (Å²) < 4.78 is 0. The van der Waals surface area contributed by atoms with Gasteiger partial charge in [0, 0.05) is 42.6 Å². The quantitative estimate of drug-likeness (QED) is 0.579. The van der Waals surface area contributed by atoms with E-state index in [-0.39, 0.29) is 17.7 Å². The Morgan fingerprint density at radius 2 is 1.59 bits per heavy atom. The Labute approximate surface area is 172 Å². The second-order valence-electron chi connectivity index (χ2n) is 6.36. The highest BCUT2D eigenvalue weighted by molar-refractivity contribution is 7.14. The molecular formula is C21H20N4O3S. The third-order valence-electron chi connectivity index (χ3n) is 3.98. The van der Waals surface area contributed by atoms with Crippen LogP contribution < -0.4 is 16.0 Å². The molecule has 2 aromatic carbocycles. The predicted octanol–water partition coefficient (Wildman–Crippen LogP) is 3.66. The van der Waals surface area contributed by atoms with Crippen molar-refractivity contribution in [3.63, 3.8) is 0 Å². The molecule has 0 radical (unpaired) electrons. The Kier molecular flexibility index (Phi) is 6.36. The maximum absolute atomic E-state index is 12.4. The van der Waals surface area contributed by atoms with Gasteiger partial charge in [0.1, 0.15) is 0 Å². The number of nitrogens with zero attached hydrogens (tertiary/aromatic N) is 1. The molecule has 0 spiro atoms. The molecular weight excluding hydrogens is 388 g/mol. The standard InChI is InChI=1S/C21H20N4O3S/c1-13(26)22-11-15-3-5-17(6-4-15)20(28)25-21-24-19(12-29-21)16-7-9-18(10-8-16)23-14(2)27/h3-10,12H,11H2,1-2H3,(H,22,26)(H,23,27)(H,24,25,28). The topological polar surface area (TPSA) is 100 Å². The third-order valence-corrected chi connectivity index (χ3v) is 4.74. The largest absolute Gasteiger partial charge is 0.352 e. The zero-order chi connectivity index (χ0) is 20.8. The molecule has 0 fully saturated rings. The molecule has 1 aromatic heterocycles. The lowest BCUT2D eigenvalue weighted by atomic mass is 10.1. The maximum Gasteiger partial charge on any atom is 0.257 e. The Morgan fingerprint density at radius 1 is 0.897 bits per heavy atom. The van der Waals surface area contributed by atoms with Crippen LogP contribution in [0.3, 0.4) is 0 Å². The van der Waals surface area contributed by atoms with Gasteiger partial charge in [-0.3, -0.25) is 19.7 Å². The fourth-order valence-corrected chi connectivity index (χ4v) is 3.28. The minimum atomic E-state index is -0.252. The molecule has 148 valence electrons. The van der Waals surface area contributed by atoms with Crippen molar-refractivity contribution >= 4 is 39.9 Å². The first kappa shape index (κ1) is 20.2. The zero-order valence-corrected chi connectivity index (χ0v) is 16.8. The van der Waals surface area contributed by atoms with Crippen molar-refractivity contribution in [2.45, 2.75) is 20.4 Å². The molecule has 0 aliphatic heterocycles. The van der Waals surface area contributed by atoms with Gasteiger partial charge in [-0.25, -0.2) is 4.98 Å². The number of aromatic nitrogens is 1. The van der Waals surface area contributed by atoms with Crippen LogP contribution in [0.15, 0.2) is 53.9 Å². The number of hydrogen-bond acceptors (Lipinski definition) is 5. The molecule has 3 amide bonds. The van der Waals surface area contributed by atoms with Crippen LogP contribution in [0.5, 0.6) is 0 Å². The number of benzene rings is 2. The highest BCUT2D eigenvalue weighted by Crippen LogP contribution is 2.26. The minimum Gasteiger partial charge on any atom is -0.352 e. The second kappa shape index (κ2) is 9.11. The molecule has 7 nitrogen and oxygen atoms in total. The van der Waals surface area contributed by atoms with Gasteiger partial charge in [-0.1, -0.05) is 24.3 Å². The van der Waals surface area contributed by atoms with Crippen molar-refractivity contribution in [3.8, 4) is 11.3 Å². The summed E-state index contributed by atoms with van der Waals surface area (Å²) in [7, 11) is 0. The van der Waals surface area contributed by atoms with Gasteiger partial charge in [-0.15, -0.1) is 11.3 Å². The Morgan fingerprint density at radius 3 is 2.21 bits per heavy atom. The molecule has 0 unspecified atom stereocenters. The van der Waals surface area contributed by atoms with E-state index >= 15 is 0 Å². The van der Waals surface area contributed by atoms with Crippen LogP contribution in [0.4, 0.5) is 10.8 Å². The van der Waals surface area contributed by atoms with Crippen LogP contribution in [-0.2, 0) is 16.1 Å². The summed E-state index contributed by atoms with van der Waals surface area (Å²) in [6.07, 6.45) is 0. The number of amides is 3. The molecule has 3 N–H and O–H groups in total. The molecule has 3 rings (SSSR count). The Bertz CT molecular complexity index is 1030. The zero-order valence-electron chi connectivity index (χ0n) is 16.0. The molecule has 0 saturated carbocycles. The lowest BCUT2D eigenvalue weighted by Crippen LogP contribution is -2.19. The van der Waals surface area contributed by atoms with Gasteiger partial charge in [-0.2, -0.15) is 0 Å². The molecule has 0 bridgehead atoms. The summed E-state index contributed by atoms with van der Waals surface area (Å²) in [5, 5.41) is 10.6. The Hall–Kier alpha value is -3.52. The number of carbonyl (C=O) groups excluding carboxylic acids is 3. The van der Waals surface area contributed by atoms with Gasteiger partial charge in [0.25, 0.3) is 5.91 Å². The van der Waals surface area contributed by atoms with Crippen LogP contribution in [0, 0.1) is 0 Å². The number of hydrogen-bond donors (Lipinski definition) is 3. The van der Waals surface area contributed by atoms with E-state index in [2.05, 4.69) is 20.9 Å². The number of thiazole rings is 1. The molecule has 8 heteroatoms. The van der Waals surface area contributed by atoms with Crippen LogP contribution in [0.25, 0.3) is 11.3 Å². The van der Waals surface area contributed by atoms with E-state index in [4.69, 9.17) is 0 Å². The first-order valence-corrected chi connectivity index (χ1v) is 9.77.